The van der Waals surface area contributed by atoms with Crippen molar-refractivity contribution in [2.24, 2.45) is 0 Å². The maximum atomic E-state index is 14.7. The molecule has 1 aliphatic heterocycles. The van der Waals surface area contributed by atoms with Gasteiger partial charge in [0.15, 0.2) is 0 Å². The zero-order chi connectivity index (χ0) is 26.2. The van der Waals surface area contributed by atoms with Crippen molar-refractivity contribution < 1.29 is 13.9 Å². The summed E-state index contributed by atoms with van der Waals surface area (Å²) in [5.41, 5.74) is 3.77. The van der Waals surface area contributed by atoms with Crippen LogP contribution in [0.25, 0.3) is 0 Å². The molecule has 0 saturated heterocycles. The maximum Gasteiger partial charge on any atom is 0.256 e. The van der Waals surface area contributed by atoms with Crippen LogP contribution in [0.5, 0.6) is 5.75 Å². The first kappa shape index (κ1) is 26.4. The van der Waals surface area contributed by atoms with E-state index in [0.29, 0.717) is 25.6 Å². The first-order valence-electron chi connectivity index (χ1n) is 12.9. The number of aryl methyl sites for hydroxylation is 1. The van der Waals surface area contributed by atoms with Crippen LogP contribution < -0.4 is 4.74 Å². The van der Waals surface area contributed by atoms with Gasteiger partial charge < -0.3 is 14.5 Å². The molecule has 0 aliphatic carbocycles. The average Bonchev–Trinajstić information content (AvgIpc) is 2.90. The largest absolute Gasteiger partial charge is 0.491 e. The van der Waals surface area contributed by atoms with Gasteiger partial charge in [0.2, 0.25) is 0 Å². The van der Waals surface area contributed by atoms with Gasteiger partial charge in [-0.25, -0.2) is 4.39 Å². The molecule has 1 unspecified atom stereocenters. The highest BCUT2D eigenvalue weighted by Gasteiger charge is 2.22. The molecule has 1 amide bonds. The Hall–Kier alpha value is -3.69. The van der Waals surface area contributed by atoms with Gasteiger partial charge in [0, 0.05) is 18.7 Å². The molecule has 1 atom stereocenters. The number of carbonyl (C=O) groups excluding carboxylic acids is 1. The minimum Gasteiger partial charge on any atom is -0.491 e. The molecule has 3 aromatic carbocycles. The number of fused-ring (bicyclic) bond motifs is 1. The number of rotatable bonds is 2. The molecule has 37 heavy (non-hydrogen) atoms. The van der Waals surface area contributed by atoms with E-state index in [2.05, 4.69) is 49.2 Å². The normalized spacial score (nSPS) is 17.7. The van der Waals surface area contributed by atoms with Crippen LogP contribution in [-0.2, 0) is 6.54 Å². The van der Waals surface area contributed by atoms with Crippen molar-refractivity contribution in [1.29, 1.82) is 5.26 Å². The second-order valence-electron chi connectivity index (χ2n) is 9.83. The van der Waals surface area contributed by atoms with Gasteiger partial charge in [-0.3, -0.25) is 4.79 Å². The van der Waals surface area contributed by atoms with E-state index in [4.69, 9.17) is 10.00 Å². The molecular weight excluding hydrogens is 465 g/mol. The molecule has 192 valence electrons. The quantitative estimate of drug-likeness (QED) is 0.439. The highest BCUT2D eigenvalue weighted by atomic mass is 19.1. The smallest absolute Gasteiger partial charge is 0.256 e. The van der Waals surface area contributed by atoms with Crippen molar-refractivity contribution in [3.8, 4) is 11.8 Å². The van der Waals surface area contributed by atoms with E-state index in [0.717, 1.165) is 49.7 Å². The Kier molecular flexibility index (Phi) is 8.92. The SMILES string of the molecule is Cc1ccc2c(c1)CN(C)CCC(c1ccccc1)CCCN(C(=O)c1ccc(C#N)cc1F)CCO2. The van der Waals surface area contributed by atoms with E-state index in [-0.39, 0.29) is 17.0 Å². The lowest BCUT2D eigenvalue weighted by Gasteiger charge is -2.27. The molecule has 5 nitrogen and oxygen atoms in total. The maximum absolute atomic E-state index is 14.7. The summed E-state index contributed by atoms with van der Waals surface area (Å²) in [6.07, 6.45) is 2.72. The lowest BCUT2D eigenvalue weighted by molar-refractivity contribution is 0.0720. The van der Waals surface area contributed by atoms with E-state index in [1.807, 2.05) is 24.3 Å². The van der Waals surface area contributed by atoms with Gasteiger partial charge in [-0.1, -0.05) is 48.0 Å². The number of nitriles is 1. The minimum absolute atomic E-state index is 0.0163. The van der Waals surface area contributed by atoms with Gasteiger partial charge >= 0.3 is 0 Å². The fourth-order valence-corrected chi connectivity index (χ4v) is 4.96. The molecule has 0 fully saturated rings. The Labute approximate surface area is 219 Å². The Balaban J connectivity index is 1.60. The van der Waals surface area contributed by atoms with Crippen molar-refractivity contribution in [2.45, 2.75) is 38.6 Å². The monoisotopic (exact) mass is 499 g/mol. The standard InChI is InChI=1S/C31H34FN3O2/c1-23-10-13-30-27(19-23)22-34(2)16-14-26(25-7-4-3-5-8-25)9-6-15-35(17-18-37-30)31(36)28-12-11-24(21-33)20-29(28)32/h3-5,7-8,10-13,19-20,26H,6,9,14-18,22H2,1-2H3. The zero-order valence-electron chi connectivity index (χ0n) is 21.6. The van der Waals surface area contributed by atoms with Crippen molar-refractivity contribution in [3.05, 3.63) is 100 Å². The van der Waals surface area contributed by atoms with E-state index in [1.54, 1.807) is 4.90 Å². The summed E-state index contributed by atoms with van der Waals surface area (Å²) in [6.45, 7) is 4.94. The molecule has 0 aromatic heterocycles. The Morgan fingerprint density at radius 3 is 2.59 bits per heavy atom. The number of hydrogen-bond donors (Lipinski definition) is 0. The van der Waals surface area contributed by atoms with Crippen molar-refractivity contribution in [1.82, 2.24) is 9.80 Å². The van der Waals surface area contributed by atoms with Gasteiger partial charge in [0.05, 0.1) is 23.7 Å². The predicted molar refractivity (Wildman–Crippen MR) is 143 cm³/mol. The summed E-state index contributed by atoms with van der Waals surface area (Å²) < 4.78 is 20.9. The average molecular weight is 500 g/mol. The van der Waals surface area contributed by atoms with Gasteiger partial charge in [-0.15, -0.1) is 0 Å². The number of nitrogens with zero attached hydrogens (tertiary/aromatic N) is 3. The predicted octanol–water partition coefficient (Wildman–Crippen LogP) is 5.93. The van der Waals surface area contributed by atoms with Crippen LogP contribution in [0.3, 0.4) is 0 Å². The zero-order valence-corrected chi connectivity index (χ0v) is 21.6. The van der Waals surface area contributed by atoms with Crippen LogP contribution in [0.1, 0.15) is 57.8 Å². The summed E-state index contributed by atoms with van der Waals surface area (Å²) in [6, 6.07) is 22.6. The second-order valence-corrected chi connectivity index (χ2v) is 9.83. The summed E-state index contributed by atoms with van der Waals surface area (Å²) >= 11 is 0. The molecule has 0 N–H and O–H groups in total. The van der Waals surface area contributed by atoms with Crippen molar-refractivity contribution in [3.63, 3.8) is 0 Å². The number of carbonyl (C=O) groups is 1. The number of ether oxygens (including phenoxy) is 1. The Morgan fingerprint density at radius 1 is 1.03 bits per heavy atom. The van der Waals surface area contributed by atoms with Crippen LogP contribution in [-0.4, -0.2) is 49.0 Å². The van der Waals surface area contributed by atoms with E-state index in [1.165, 1.54) is 23.3 Å². The second kappa shape index (κ2) is 12.5. The van der Waals surface area contributed by atoms with Gasteiger partial charge in [-0.05, 0) is 75.5 Å². The van der Waals surface area contributed by atoms with Crippen LogP contribution >= 0.6 is 0 Å². The molecule has 0 saturated carbocycles. The van der Waals surface area contributed by atoms with E-state index >= 15 is 0 Å². The van der Waals surface area contributed by atoms with Crippen molar-refractivity contribution in [2.75, 3.05) is 33.3 Å². The Morgan fingerprint density at radius 2 is 1.84 bits per heavy atom. The molecule has 3 aromatic rings. The molecule has 4 rings (SSSR count). The minimum atomic E-state index is -0.671. The number of amides is 1. The van der Waals surface area contributed by atoms with Crippen LogP contribution in [0.4, 0.5) is 4.39 Å². The van der Waals surface area contributed by atoms with Crippen molar-refractivity contribution >= 4 is 5.91 Å². The van der Waals surface area contributed by atoms with Crippen LogP contribution in [0.15, 0.2) is 66.7 Å². The van der Waals surface area contributed by atoms with E-state index in [9.17, 15) is 9.18 Å². The van der Waals surface area contributed by atoms with Gasteiger partial charge in [0.25, 0.3) is 5.91 Å². The highest BCUT2D eigenvalue weighted by molar-refractivity contribution is 5.94. The molecule has 0 bridgehead atoms. The molecule has 0 radical (unpaired) electrons. The lowest BCUT2D eigenvalue weighted by atomic mass is 9.90. The molecule has 1 heterocycles. The fourth-order valence-electron chi connectivity index (χ4n) is 4.96. The summed E-state index contributed by atoms with van der Waals surface area (Å²) in [5.74, 6) is 0.127. The number of hydrogen-bond acceptors (Lipinski definition) is 4. The van der Waals surface area contributed by atoms with Crippen LogP contribution in [0.2, 0.25) is 0 Å². The van der Waals surface area contributed by atoms with Gasteiger partial charge in [-0.2, -0.15) is 5.26 Å². The fraction of sp³-hybridized carbons (Fsp3) is 0.355. The third-order valence-corrected chi connectivity index (χ3v) is 7.00. The lowest BCUT2D eigenvalue weighted by Crippen LogP contribution is -2.36. The highest BCUT2D eigenvalue weighted by Crippen LogP contribution is 2.27. The van der Waals surface area contributed by atoms with Gasteiger partial charge in [0.1, 0.15) is 18.2 Å². The third-order valence-electron chi connectivity index (χ3n) is 7.00. The molecule has 1 aliphatic rings. The van der Waals surface area contributed by atoms with E-state index < -0.39 is 5.82 Å². The molecule has 6 heteroatoms. The van der Waals surface area contributed by atoms with Crippen LogP contribution in [0, 0.1) is 24.1 Å². The third kappa shape index (κ3) is 6.96. The molecular formula is C31H34FN3O2. The first-order chi connectivity index (χ1) is 17.9. The molecule has 0 spiro atoms. The number of halogens is 1. The summed E-state index contributed by atoms with van der Waals surface area (Å²) in [7, 11) is 2.15. The topological polar surface area (TPSA) is 56.6 Å². The summed E-state index contributed by atoms with van der Waals surface area (Å²) in [5, 5.41) is 9.06. The summed E-state index contributed by atoms with van der Waals surface area (Å²) in [4.78, 5) is 17.4. The first-order valence-corrected chi connectivity index (χ1v) is 12.9. The Bertz CT molecular complexity index is 1260. The number of benzene rings is 3.